The molecule has 1 amide bonds. The van der Waals surface area contributed by atoms with Crippen LogP contribution in [0.2, 0.25) is 0 Å². The highest BCUT2D eigenvalue weighted by Crippen LogP contribution is 2.24. The summed E-state index contributed by atoms with van der Waals surface area (Å²) in [6.45, 7) is 11.5. The lowest BCUT2D eigenvalue weighted by Gasteiger charge is -2.23. The van der Waals surface area contributed by atoms with Gasteiger partial charge in [-0.3, -0.25) is 14.0 Å². The maximum atomic E-state index is 12.9. The summed E-state index contributed by atoms with van der Waals surface area (Å²) in [5.74, 6) is 0.933. The van der Waals surface area contributed by atoms with Crippen LogP contribution in [0.1, 0.15) is 68.7 Å². The summed E-state index contributed by atoms with van der Waals surface area (Å²) in [6, 6.07) is 3.87. The van der Waals surface area contributed by atoms with Gasteiger partial charge in [0.25, 0.3) is 5.91 Å². The van der Waals surface area contributed by atoms with Gasteiger partial charge < -0.3 is 4.90 Å². The van der Waals surface area contributed by atoms with Crippen molar-refractivity contribution >= 4 is 16.7 Å². The molecule has 4 nitrogen and oxygen atoms in total. The van der Waals surface area contributed by atoms with Crippen LogP contribution in [0.4, 0.5) is 0 Å². The molecule has 1 unspecified atom stereocenters. The number of aromatic nitrogens is 1. The van der Waals surface area contributed by atoms with E-state index in [-0.39, 0.29) is 10.7 Å². The van der Waals surface area contributed by atoms with E-state index in [1.165, 1.54) is 0 Å². The molecule has 1 aromatic heterocycles. The van der Waals surface area contributed by atoms with Gasteiger partial charge in [-0.15, -0.1) is 0 Å². The summed E-state index contributed by atoms with van der Waals surface area (Å²) < 4.78 is 12.0. The van der Waals surface area contributed by atoms with E-state index in [1.807, 2.05) is 37.8 Å². The van der Waals surface area contributed by atoms with E-state index in [1.54, 1.807) is 0 Å². The zero-order valence-corrected chi connectivity index (χ0v) is 15.7. The fourth-order valence-corrected chi connectivity index (χ4v) is 4.03. The van der Waals surface area contributed by atoms with Crippen molar-refractivity contribution < 1.29 is 9.00 Å². The van der Waals surface area contributed by atoms with Gasteiger partial charge in [-0.05, 0) is 44.7 Å². The molecule has 0 bridgehead atoms. The number of pyridine rings is 1. The van der Waals surface area contributed by atoms with Crippen molar-refractivity contribution in [3.8, 4) is 0 Å². The minimum atomic E-state index is -0.888. The highest BCUT2D eigenvalue weighted by atomic mass is 32.2. The second-order valence-electron chi connectivity index (χ2n) is 7.09. The fourth-order valence-electron chi connectivity index (χ4n) is 2.78. The van der Waals surface area contributed by atoms with E-state index in [2.05, 4.69) is 18.8 Å². The zero-order chi connectivity index (χ0) is 17.2. The molecule has 1 aliphatic heterocycles. The van der Waals surface area contributed by atoms with Gasteiger partial charge in [-0.2, -0.15) is 0 Å². The van der Waals surface area contributed by atoms with Crippen LogP contribution in [0.15, 0.2) is 12.1 Å². The molecule has 23 heavy (non-hydrogen) atoms. The minimum Gasteiger partial charge on any atom is -0.338 e. The number of aryl methyl sites for hydroxylation is 1. The predicted octanol–water partition coefficient (Wildman–Crippen LogP) is 3.14. The Hall–Kier alpha value is -1.23. The average Bonchev–Trinajstić information content (AvgIpc) is 2.65. The highest BCUT2D eigenvalue weighted by Gasteiger charge is 2.32. The third-order valence-electron chi connectivity index (χ3n) is 4.59. The molecule has 1 atom stereocenters. The lowest BCUT2D eigenvalue weighted by atomic mass is 10.0. The van der Waals surface area contributed by atoms with Crippen LogP contribution in [0.5, 0.6) is 0 Å². The lowest BCUT2D eigenvalue weighted by Crippen LogP contribution is -2.34. The van der Waals surface area contributed by atoms with Crippen molar-refractivity contribution in [2.45, 2.75) is 58.1 Å². The van der Waals surface area contributed by atoms with Crippen LogP contribution in [0.25, 0.3) is 0 Å². The first-order valence-electron chi connectivity index (χ1n) is 8.44. The van der Waals surface area contributed by atoms with Crippen molar-refractivity contribution in [2.24, 2.45) is 0 Å². The molecule has 1 fully saturated rings. The first-order chi connectivity index (χ1) is 10.8. The molecule has 2 rings (SSSR count). The summed E-state index contributed by atoms with van der Waals surface area (Å²) in [6.07, 6.45) is 1.51. The molecule has 0 N–H and O–H groups in total. The molecule has 0 spiro atoms. The van der Waals surface area contributed by atoms with Gasteiger partial charge >= 0.3 is 0 Å². The first-order valence-corrected chi connectivity index (χ1v) is 9.75. The fraction of sp³-hybridized carbons (Fsp3) is 0.667. The second-order valence-corrected chi connectivity index (χ2v) is 9.29. The van der Waals surface area contributed by atoms with Gasteiger partial charge in [0.1, 0.15) is 0 Å². The molecule has 0 aromatic carbocycles. The van der Waals surface area contributed by atoms with Gasteiger partial charge in [0.2, 0.25) is 0 Å². The Balaban J connectivity index is 2.25. The van der Waals surface area contributed by atoms with Crippen molar-refractivity contribution in [2.75, 3.05) is 18.8 Å². The Morgan fingerprint density at radius 3 is 2.65 bits per heavy atom. The minimum absolute atomic E-state index is 0.0272. The molecule has 5 heteroatoms. The van der Waals surface area contributed by atoms with E-state index in [0.29, 0.717) is 30.3 Å². The Labute approximate surface area is 142 Å². The van der Waals surface area contributed by atoms with Gasteiger partial charge in [0, 0.05) is 40.1 Å². The number of carbonyl (C=O) groups excluding carboxylic acids is 1. The van der Waals surface area contributed by atoms with E-state index < -0.39 is 10.8 Å². The largest absolute Gasteiger partial charge is 0.338 e. The average molecular weight is 337 g/mol. The zero-order valence-electron chi connectivity index (χ0n) is 14.9. The summed E-state index contributed by atoms with van der Waals surface area (Å²) in [5.41, 5.74) is 2.59. The summed E-state index contributed by atoms with van der Waals surface area (Å²) in [5, 5.41) is 0. The maximum Gasteiger partial charge on any atom is 0.255 e. The Bertz CT molecular complexity index is 611. The van der Waals surface area contributed by atoms with Crippen molar-refractivity contribution in [3.05, 3.63) is 29.1 Å². The van der Waals surface area contributed by atoms with Crippen LogP contribution < -0.4 is 0 Å². The van der Waals surface area contributed by atoms with E-state index in [0.717, 1.165) is 24.2 Å². The third-order valence-corrected chi connectivity index (χ3v) is 6.58. The van der Waals surface area contributed by atoms with Crippen molar-refractivity contribution in [1.82, 2.24) is 9.88 Å². The molecule has 1 aliphatic rings. The number of rotatable bonds is 3. The smallest absolute Gasteiger partial charge is 0.255 e. The Kier molecular flexibility index (Phi) is 5.61. The van der Waals surface area contributed by atoms with Gasteiger partial charge in [-0.25, -0.2) is 0 Å². The quantitative estimate of drug-likeness (QED) is 0.852. The van der Waals surface area contributed by atoms with E-state index in [9.17, 15) is 9.00 Å². The third kappa shape index (κ3) is 4.00. The Morgan fingerprint density at radius 1 is 1.35 bits per heavy atom. The molecular weight excluding hydrogens is 308 g/mol. The molecular formula is C18H28N2O2S. The molecule has 0 radical (unpaired) electrons. The van der Waals surface area contributed by atoms with Crippen LogP contribution in [0.3, 0.4) is 0 Å². The predicted molar refractivity (Wildman–Crippen MR) is 95.3 cm³/mol. The van der Waals surface area contributed by atoms with E-state index >= 15 is 0 Å². The number of nitrogens with zero attached hydrogens (tertiary/aromatic N) is 2. The number of hydrogen-bond acceptors (Lipinski definition) is 3. The first kappa shape index (κ1) is 18.1. The summed E-state index contributed by atoms with van der Waals surface area (Å²) >= 11 is 0. The molecule has 0 saturated carbocycles. The maximum absolute atomic E-state index is 12.9. The van der Waals surface area contributed by atoms with Gasteiger partial charge in [-0.1, -0.05) is 20.8 Å². The molecule has 0 aliphatic carbocycles. The second kappa shape index (κ2) is 7.12. The SMILES string of the molecule is CCc1nc(C(C)C)ccc1C(=O)N1CCS(=O)C(C)(C)CC1. The molecule has 128 valence electrons. The molecule has 1 saturated heterocycles. The van der Waals surface area contributed by atoms with Crippen molar-refractivity contribution in [1.29, 1.82) is 0 Å². The van der Waals surface area contributed by atoms with E-state index in [4.69, 9.17) is 0 Å². The van der Waals surface area contributed by atoms with Crippen molar-refractivity contribution in [3.63, 3.8) is 0 Å². The van der Waals surface area contributed by atoms with Crippen LogP contribution in [-0.4, -0.2) is 43.6 Å². The van der Waals surface area contributed by atoms with Crippen LogP contribution in [-0.2, 0) is 17.2 Å². The van der Waals surface area contributed by atoms with Gasteiger partial charge in [0.15, 0.2) is 0 Å². The number of hydrogen-bond donors (Lipinski definition) is 0. The lowest BCUT2D eigenvalue weighted by molar-refractivity contribution is 0.0763. The number of carbonyl (C=O) groups is 1. The van der Waals surface area contributed by atoms with Crippen LogP contribution >= 0.6 is 0 Å². The summed E-state index contributed by atoms with van der Waals surface area (Å²) in [7, 11) is -0.888. The molecule has 2 heterocycles. The Morgan fingerprint density at radius 2 is 2.04 bits per heavy atom. The summed E-state index contributed by atoms with van der Waals surface area (Å²) in [4.78, 5) is 19.4. The topological polar surface area (TPSA) is 50.3 Å². The highest BCUT2D eigenvalue weighted by molar-refractivity contribution is 7.86. The monoisotopic (exact) mass is 336 g/mol. The normalized spacial score (nSPS) is 21.3. The molecule has 1 aromatic rings. The van der Waals surface area contributed by atoms with Crippen LogP contribution in [0, 0.1) is 0 Å². The van der Waals surface area contributed by atoms with Gasteiger partial charge in [0.05, 0.1) is 11.3 Å². The number of amides is 1. The standard InChI is InChI=1S/C18H28N2O2S/c1-6-15-14(7-8-16(19-15)13(2)3)17(21)20-10-9-18(4,5)23(22)12-11-20/h7-8,13H,6,9-12H2,1-5H3.